The molecule has 0 aromatic heterocycles. The molecule has 0 rings (SSSR count). The molecule has 2 heteroatoms. The second kappa shape index (κ2) is 7.35. The largest absolute Gasteiger partial charge is 0.399 e. The Hall–Kier alpha value is -1.31. The molecule has 0 aliphatic heterocycles. The first-order chi connectivity index (χ1) is 6.20. The van der Waals surface area contributed by atoms with Gasteiger partial charge in [-0.25, -0.2) is 0 Å². The summed E-state index contributed by atoms with van der Waals surface area (Å²) in [6.45, 7) is 5.96. The van der Waals surface area contributed by atoms with E-state index in [0.717, 1.165) is 17.7 Å². The highest BCUT2D eigenvalue weighted by atomic mass is 14.7. The highest BCUT2D eigenvalue weighted by molar-refractivity contribution is 5.57. The quantitative estimate of drug-likeness (QED) is 0.521. The highest BCUT2D eigenvalue weighted by Gasteiger charge is 1.80. The second-order valence-electron chi connectivity index (χ2n) is 2.74. The summed E-state index contributed by atoms with van der Waals surface area (Å²) in [5.74, 6) is 0. The van der Waals surface area contributed by atoms with Crippen molar-refractivity contribution in [3.8, 4) is 0 Å². The van der Waals surface area contributed by atoms with Gasteiger partial charge in [0.15, 0.2) is 0 Å². The zero-order chi connectivity index (χ0) is 10.1. The monoisotopic (exact) mass is 178 g/mol. The lowest BCUT2D eigenvalue weighted by Gasteiger charge is -1.90. The topological polar surface area (TPSA) is 38.4 Å². The predicted molar refractivity (Wildman–Crippen MR) is 59.6 cm³/mol. The third-order valence-electron chi connectivity index (χ3n) is 1.44. The molecule has 0 aromatic carbocycles. The maximum Gasteiger partial charge on any atom is 0.0293 e. The molecule has 0 saturated carbocycles. The van der Waals surface area contributed by atoms with Gasteiger partial charge in [0, 0.05) is 18.1 Å². The minimum Gasteiger partial charge on any atom is -0.399 e. The van der Waals surface area contributed by atoms with E-state index >= 15 is 0 Å². The first-order valence-corrected chi connectivity index (χ1v) is 4.49. The van der Waals surface area contributed by atoms with Crippen LogP contribution in [0.3, 0.4) is 0 Å². The number of nitrogens with two attached hydrogens (primary N) is 1. The van der Waals surface area contributed by atoms with Crippen molar-refractivity contribution in [2.24, 2.45) is 10.7 Å². The zero-order valence-corrected chi connectivity index (χ0v) is 8.62. The van der Waals surface area contributed by atoms with Gasteiger partial charge in [-0.15, -0.1) is 0 Å². The van der Waals surface area contributed by atoms with Gasteiger partial charge < -0.3 is 5.73 Å². The van der Waals surface area contributed by atoms with Crippen LogP contribution in [0.1, 0.15) is 27.2 Å². The van der Waals surface area contributed by atoms with Crippen molar-refractivity contribution in [2.75, 3.05) is 0 Å². The van der Waals surface area contributed by atoms with Crippen molar-refractivity contribution in [1.82, 2.24) is 0 Å². The Balaban J connectivity index is 4.13. The molecule has 0 atom stereocenters. The van der Waals surface area contributed by atoms with Gasteiger partial charge in [-0.3, -0.25) is 4.99 Å². The standard InChI is InChI=1S/C11H18N2/c1-4-8-13-9-10(3)6-7-11(12)5-2/h5-9H,4,12H2,1-3H3/b7-6-,10-9+,11-5+,13-8-. The van der Waals surface area contributed by atoms with Crippen LogP contribution in [0.15, 0.2) is 40.7 Å². The lowest BCUT2D eigenvalue weighted by atomic mass is 10.2. The Bertz CT molecular complexity index is 245. The van der Waals surface area contributed by atoms with Gasteiger partial charge in [0.05, 0.1) is 0 Å². The molecule has 2 nitrogen and oxygen atoms in total. The molecule has 0 bridgehead atoms. The van der Waals surface area contributed by atoms with Crippen LogP contribution in [0.4, 0.5) is 0 Å². The fraction of sp³-hybridized carbons (Fsp3) is 0.364. The molecule has 0 radical (unpaired) electrons. The molecular weight excluding hydrogens is 160 g/mol. The maximum absolute atomic E-state index is 5.58. The third-order valence-corrected chi connectivity index (χ3v) is 1.44. The van der Waals surface area contributed by atoms with E-state index in [1.165, 1.54) is 0 Å². The van der Waals surface area contributed by atoms with Crippen LogP contribution in [0.25, 0.3) is 0 Å². The minimum absolute atomic E-state index is 0.771. The SMILES string of the molecule is C\C=C(N)/C=C\C(C)=C\N=C/CC. The maximum atomic E-state index is 5.58. The van der Waals surface area contributed by atoms with Crippen molar-refractivity contribution < 1.29 is 0 Å². The number of rotatable bonds is 4. The summed E-state index contributed by atoms with van der Waals surface area (Å²) in [5.41, 5.74) is 7.45. The normalized spacial score (nSPS) is 14.7. The molecule has 72 valence electrons. The van der Waals surface area contributed by atoms with Gasteiger partial charge in [-0.1, -0.05) is 19.1 Å². The lowest BCUT2D eigenvalue weighted by molar-refractivity contribution is 1.30. The number of allylic oxidation sites excluding steroid dienone is 4. The van der Waals surface area contributed by atoms with Gasteiger partial charge >= 0.3 is 0 Å². The van der Waals surface area contributed by atoms with Crippen molar-refractivity contribution in [3.63, 3.8) is 0 Å². The summed E-state index contributed by atoms with van der Waals surface area (Å²) in [7, 11) is 0. The van der Waals surface area contributed by atoms with E-state index in [1.54, 1.807) is 0 Å². The van der Waals surface area contributed by atoms with Gasteiger partial charge in [0.25, 0.3) is 0 Å². The molecular formula is C11H18N2. The lowest BCUT2D eigenvalue weighted by Crippen LogP contribution is -1.90. The minimum atomic E-state index is 0.771. The second-order valence-corrected chi connectivity index (χ2v) is 2.74. The number of aliphatic imine (C=N–C) groups is 1. The van der Waals surface area contributed by atoms with Gasteiger partial charge in [-0.2, -0.15) is 0 Å². The summed E-state index contributed by atoms with van der Waals surface area (Å²) in [6.07, 6.45) is 10.3. The van der Waals surface area contributed by atoms with E-state index in [-0.39, 0.29) is 0 Å². The molecule has 13 heavy (non-hydrogen) atoms. The fourth-order valence-electron chi connectivity index (χ4n) is 0.643. The Labute approximate surface area is 80.6 Å². The summed E-state index contributed by atoms with van der Waals surface area (Å²) >= 11 is 0. The van der Waals surface area contributed by atoms with Crippen molar-refractivity contribution in [1.29, 1.82) is 0 Å². The van der Waals surface area contributed by atoms with Crippen LogP contribution in [-0.4, -0.2) is 6.21 Å². The van der Waals surface area contributed by atoms with Crippen LogP contribution < -0.4 is 5.73 Å². The van der Waals surface area contributed by atoms with E-state index in [0.29, 0.717) is 0 Å². The average Bonchev–Trinajstić information content (AvgIpc) is 2.14. The van der Waals surface area contributed by atoms with Crippen LogP contribution in [-0.2, 0) is 0 Å². The fourth-order valence-corrected chi connectivity index (χ4v) is 0.643. The molecule has 0 aromatic rings. The Morgan fingerprint density at radius 2 is 2.08 bits per heavy atom. The Morgan fingerprint density at radius 3 is 2.62 bits per heavy atom. The number of hydrogen-bond donors (Lipinski definition) is 1. The van der Waals surface area contributed by atoms with E-state index in [2.05, 4.69) is 11.9 Å². The molecule has 0 aliphatic rings. The predicted octanol–water partition coefficient (Wildman–Crippen LogP) is 2.79. The van der Waals surface area contributed by atoms with E-state index < -0.39 is 0 Å². The van der Waals surface area contributed by atoms with Crippen LogP contribution >= 0.6 is 0 Å². The van der Waals surface area contributed by atoms with E-state index in [9.17, 15) is 0 Å². The van der Waals surface area contributed by atoms with Crippen molar-refractivity contribution in [3.05, 3.63) is 35.7 Å². The zero-order valence-electron chi connectivity index (χ0n) is 8.62. The Morgan fingerprint density at radius 1 is 1.38 bits per heavy atom. The average molecular weight is 178 g/mol. The van der Waals surface area contributed by atoms with Gasteiger partial charge in [-0.05, 0) is 31.9 Å². The molecule has 0 amide bonds. The van der Waals surface area contributed by atoms with Gasteiger partial charge in [0.2, 0.25) is 0 Å². The summed E-state index contributed by atoms with van der Waals surface area (Å²) in [5, 5.41) is 0. The van der Waals surface area contributed by atoms with E-state index in [4.69, 9.17) is 5.73 Å². The Kier molecular flexibility index (Phi) is 6.60. The highest BCUT2D eigenvalue weighted by Crippen LogP contribution is 1.97. The third kappa shape index (κ3) is 7.06. The van der Waals surface area contributed by atoms with Crippen molar-refractivity contribution >= 4 is 6.21 Å². The van der Waals surface area contributed by atoms with Crippen LogP contribution in [0, 0.1) is 0 Å². The van der Waals surface area contributed by atoms with Crippen molar-refractivity contribution in [2.45, 2.75) is 27.2 Å². The molecule has 0 saturated heterocycles. The molecule has 0 fully saturated rings. The molecule has 0 spiro atoms. The number of nitrogens with zero attached hydrogens (tertiary/aromatic N) is 1. The number of hydrogen-bond acceptors (Lipinski definition) is 2. The van der Waals surface area contributed by atoms with E-state index in [1.807, 2.05) is 44.5 Å². The summed E-state index contributed by atoms with van der Waals surface area (Å²) in [4.78, 5) is 4.09. The first kappa shape index (κ1) is 11.7. The smallest absolute Gasteiger partial charge is 0.0293 e. The van der Waals surface area contributed by atoms with Gasteiger partial charge in [0.1, 0.15) is 0 Å². The first-order valence-electron chi connectivity index (χ1n) is 4.49. The molecule has 0 unspecified atom stereocenters. The van der Waals surface area contributed by atoms with Crippen LogP contribution in [0.5, 0.6) is 0 Å². The summed E-state index contributed by atoms with van der Waals surface area (Å²) < 4.78 is 0. The summed E-state index contributed by atoms with van der Waals surface area (Å²) in [6, 6.07) is 0. The molecule has 0 aliphatic carbocycles. The molecule has 2 N–H and O–H groups in total. The van der Waals surface area contributed by atoms with Crippen LogP contribution in [0.2, 0.25) is 0 Å². The molecule has 0 heterocycles.